The van der Waals surface area contributed by atoms with Gasteiger partial charge in [-0.1, -0.05) is 18.1 Å². The molecule has 0 saturated carbocycles. The van der Waals surface area contributed by atoms with Crippen molar-refractivity contribution >= 4 is 0 Å². The average molecular weight is 150 g/mol. The van der Waals surface area contributed by atoms with Crippen molar-refractivity contribution in [3.05, 3.63) is 35.1 Å². The van der Waals surface area contributed by atoms with Crippen molar-refractivity contribution in [2.75, 3.05) is 0 Å². The fourth-order valence-electron chi connectivity index (χ4n) is 0.813. The first-order valence-electron chi connectivity index (χ1n) is 3.14. The molecule has 2 heteroatoms. The van der Waals surface area contributed by atoms with E-state index in [1.165, 1.54) is 12.1 Å². The molecule has 0 saturated heterocycles. The van der Waals surface area contributed by atoms with Crippen LogP contribution >= 0.6 is 0 Å². The average Bonchev–Trinajstić information content (AvgIpc) is 2.05. The van der Waals surface area contributed by atoms with Gasteiger partial charge in [0.05, 0.1) is 12.2 Å². The van der Waals surface area contributed by atoms with Gasteiger partial charge >= 0.3 is 0 Å². The normalized spacial score (nSPS) is 9.18. The minimum Gasteiger partial charge on any atom is -0.392 e. The quantitative estimate of drug-likeness (QED) is 0.598. The summed E-state index contributed by atoms with van der Waals surface area (Å²) < 4.78 is 13.0. The molecule has 0 aliphatic heterocycles. The van der Waals surface area contributed by atoms with E-state index in [-0.39, 0.29) is 17.7 Å². The molecule has 0 heterocycles. The third-order valence-electron chi connectivity index (χ3n) is 1.40. The van der Waals surface area contributed by atoms with Gasteiger partial charge in [-0.2, -0.15) is 0 Å². The lowest BCUT2D eigenvalue weighted by Gasteiger charge is -1.99. The number of hydrogen-bond acceptors (Lipinski definition) is 1. The SMILES string of the molecule is C#Cc1cccc(CO)c1F. The van der Waals surface area contributed by atoms with Gasteiger partial charge in [0.25, 0.3) is 0 Å². The monoisotopic (exact) mass is 150 g/mol. The molecule has 1 aromatic rings. The Morgan fingerprint density at radius 2 is 2.27 bits per heavy atom. The molecular formula is C9H7FO. The standard InChI is InChI=1S/C9H7FO/c1-2-7-4-3-5-8(6-11)9(7)10/h1,3-5,11H,6H2. The van der Waals surface area contributed by atoms with Crippen LogP contribution in [-0.4, -0.2) is 5.11 Å². The van der Waals surface area contributed by atoms with Crippen LogP contribution in [0, 0.1) is 18.2 Å². The van der Waals surface area contributed by atoms with Gasteiger partial charge < -0.3 is 5.11 Å². The largest absolute Gasteiger partial charge is 0.392 e. The summed E-state index contributed by atoms with van der Waals surface area (Å²) in [4.78, 5) is 0. The first kappa shape index (κ1) is 7.77. The van der Waals surface area contributed by atoms with Crippen LogP contribution in [0.25, 0.3) is 0 Å². The van der Waals surface area contributed by atoms with E-state index in [0.29, 0.717) is 0 Å². The van der Waals surface area contributed by atoms with E-state index in [1.807, 2.05) is 0 Å². The summed E-state index contributed by atoms with van der Waals surface area (Å²) in [6.07, 6.45) is 5.00. The van der Waals surface area contributed by atoms with Gasteiger partial charge in [-0.05, 0) is 6.07 Å². The van der Waals surface area contributed by atoms with Crippen LogP contribution in [0.15, 0.2) is 18.2 Å². The third kappa shape index (κ3) is 1.39. The van der Waals surface area contributed by atoms with Gasteiger partial charge in [-0.15, -0.1) is 6.42 Å². The maximum atomic E-state index is 13.0. The Morgan fingerprint density at radius 1 is 1.55 bits per heavy atom. The lowest BCUT2D eigenvalue weighted by Crippen LogP contribution is -1.92. The van der Waals surface area contributed by atoms with Crippen molar-refractivity contribution in [3.8, 4) is 12.3 Å². The molecule has 0 aliphatic rings. The van der Waals surface area contributed by atoms with Gasteiger partial charge in [0.2, 0.25) is 0 Å². The minimum absolute atomic E-state index is 0.191. The number of hydrogen-bond donors (Lipinski definition) is 1. The Morgan fingerprint density at radius 3 is 2.82 bits per heavy atom. The fraction of sp³-hybridized carbons (Fsp3) is 0.111. The molecule has 0 radical (unpaired) electrons. The van der Waals surface area contributed by atoms with Crippen LogP contribution in [0.2, 0.25) is 0 Å². The Balaban J connectivity index is 3.23. The molecule has 1 aromatic carbocycles. The van der Waals surface area contributed by atoms with Crippen molar-refractivity contribution in [1.82, 2.24) is 0 Å². The molecule has 0 spiro atoms. The van der Waals surface area contributed by atoms with Crippen molar-refractivity contribution in [3.63, 3.8) is 0 Å². The summed E-state index contributed by atoms with van der Waals surface area (Å²) in [6, 6.07) is 4.61. The lowest BCUT2D eigenvalue weighted by molar-refractivity contribution is 0.275. The van der Waals surface area contributed by atoms with E-state index >= 15 is 0 Å². The van der Waals surface area contributed by atoms with Gasteiger partial charge in [-0.25, -0.2) is 4.39 Å². The molecule has 0 amide bonds. The van der Waals surface area contributed by atoms with Gasteiger partial charge in [-0.3, -0.25) is 0 Å². The topological polar surface area (TPSA) is 20.2 Å². The molecule has 1 N–H and O–H groups in total. The van der Waals surface area contributed by atoms with Crippen LogP contribution in [0.1, 0.15) is 11.1 Å². The van der Waals surface area contributed by atoms with Crippen LogP contribution < -0.4 is 0 Å². The van der Waals surface area contributed by atoms with Crippen molar-refractivity contribution in [1.29, 1.82) is 0 Å². The highest BCUT2D eigenvalue weighted by Crippen LogP contribution is 2.11. The summed E-state index contributed by atoms with van der Waals surface area (Å²) in [5.41, 5.74) is 0.428. The second-order valence-corrected chi connectivity index (χ2v) is 2.08. The Hall–Kier alpha value is -1.33. The number of halogens is 1. The highest BCUT2D eigenvalue weighted by Gasteiger charge is 2.03. The van der Waals surface area contributed by atoms with Crippen molar-refractivity contribution in [2.45, 2.75) is 6.61 Å². The molecule has 56 valence electrons. The van der Waals surface area contributed by atoms with E-state index in [0.717, 1.165) is 0 Å². The summed E-state index contributed by atoms with van der Waals surface area (Å²) in [5.74, 6) is 1.68. The lowest BCUT2D eigenvalue weighted by atomic mass is 10.1. The van der Waals surface area contributed by atoms with Crippen LogP contribution in [-0.2, 0) is 6.61 Å². The first-order chi connectivity index (χ1) is 5.29. The zero-order chi connectivity index (χ0) is 8.27. The Kier molecular flexibility index (Phi) is 2.25. The van der Waals surface area contributed by atoms with Gasteiger partial charge in [0, 0.05) is 5.56 Å². The summed E-state index contributed by atoms with van der Waals surface area (Å²) in [7, 11) is 0. The maximum Gasteiger partial charge on any atom is 0.144 e. The predicted molar refractivity (Wildman–Crippen MR) is 40.3 cm³/mol. The van der Waals surface area contributed by atoms with Gasteiger partial charge in [0.15, 0.2) is 0 Å². The van der Waals surface area contributed by atoms with E-state index in [1.54, 1.807) is 6.07 Å². The molecule has 0 fully saturated rings. The van der Waals surface area contributed by atoms with E-state index in [9.17, 15) is 4.39 Å². The molecule has 0 unspecified atom stereocenters. The smallest absolute Gasteiger partial charge is 0.144 e. The zero-order valence-corrected chi connectivity index (χ0v) is 5.84. The molecule has 1 nitrogen and oxygen atoms in total. The van der Waals surface area contributed by atoms with Crippen LogP contribution in [0.3, 0.4) is 0 Å². The zero-order valence-electron chi connectivity index (χ0n) is 5.84. The summed E-state index contributed by atoms with van der Waals surface area (Å²) >= 11 is 0. The van der Waals surface area contributed by atoms with Crippen molar-refractivity contribution in [2.24, 2.45) is 0 Å². The Bertz CT molecular complexity index is 299. The molecule has 0 aliphatic carbocycles. The minimum atomic E-state index is -0.502. The van der Waals surface area contributed by atoms with E-state index in [4.69, 9.17) is 11.5 Å². The van der Waals surface area contributed by atoms with Crippen LogP contribution in [0.4, 0.5) is 4.39 Å². The molecule has 0 bridgehead atoms. The number of rotatable bonds is 1. The number of aliphatic hydroxyl groups is 1. The maximum absolute atomic E-state index is 13.0. The van der Waals surface area contributed by atoms with Crippen LogP contribution in [0.5, 0.6) is 0 Å². The molecule has 11 heavy (non-hydrogen) atoms. The number of terminal acetylenes is 1. The third-order valence-corrected chi connectivity index (χ3v) is 1.40. The van der Waals surface area contributed by atoms with E-state index < -0.39 is 5.82 Å². The number of benzene rings is 1. The predicted octanol–water partition coefficient (Wildman–Crippen LogP) is 1.30. The highest BCUT2D eigenvalue weighted by atomic mass is 19.1. The first-order valence-corrected chi connectivity index (χ1v) is 3.14. The number of aliphatic hydroxyl groups excluding tert-OH is 1. The fourth-order valence-corrected chi connectivity index (χ4v) is 0.813. The summed E-state index contributed by atoms with van der Waals surface area (Å²) in [6.45, 7) is -0.318. The molecule has 1 rings (SSSR count). The second-order valence-electron chi connectivity index (χ2n) is 2.08. The summed E-state index contributed by atoms with van der Waals surface area (Å²) in [5, 5.41) is 8.63. The second kappa shape index (κ2) is 3.18. The molecular weight excluding hydrogens is 143 g/mol. The molecule has 0 atom stereocenters. The van der Waals surface area contributed by atoms with E-state index in [2.05, 4.69) is 5.92 Å². The van der Waals surface area contributed by atoms with Crippen molar-refractivity contribution < 1.29 is 9.50 Å². The highest BCUT2D eigenvalue weighted by molar-refractivity contribution is 5.36. The Labute approximate surface area is 64.5 Å². The molecule has 0 aromatic heterocycles. The van der Waals surface area contributed by atoms with Gasteiger partial charge in [0.1, 0.15) is 5.82 Å².